The lowest BCUT2D eigenvalue weighted by molar-refractivity contribution is -0.114. The van der Waals surface area contributed by atoms with Crippen LogP contribution in [-0.4, -0.2) is 57.2 Å². The van der Waals surface area contributed by atoms with Crippen molar-refractivity contribution in [3.63, 3.8) is 0 Å². The number of carbonyl (C=O) groups excluding carboxylic acids is 1. The molecule has 0 aliphatic carbocycles. The van der Waals surface area contributed by atoms with E-state index in [2.05, 4.69) is 10.5 Å². The summed E-state index contributed by atoms with van der Waals surface area (Å²) in [6.07, 6.45) is 0.552. The van der Waals surface area contributed by atoms with Crippen molar-refractivity contribution in [2.75, 3.05) is 38.7 Å². The van der Waals surface area contributed by atoms with Crippen molar-refractivity contribution in [3.05, 3.63) is 23.9 Å². The van der Waals surface area contributed by atoms with Gasteiger partial charge in [0.1, 0.15) is 10.6 Å². The first-order valence-electron chi connectivity index (χ1n) is 8.91. The maximum absolute atomic E-state index is 13.2. The summed E-state index contributed by atoms with van der Waals surface area (Å²) >= 11 is 0. The summed E-state index contributed by atoms with van der Waals surface area (Å²) in [5, 5.41) is 6.59. The molecule has 9 nitrogen and oxygen atoms in total. The van der Waals surface area contributed by atoms with Gasteiger partial charge >= 0.3 is 0 Å². The third-order valence-corrected chi connectivity index (χ3v) is 6.35. The predicted molar refractivity (Wildman–Crippen MR) is 102 cm³/mol. The molecule has 1 aliphatic rings. The highest BCUT2D eigenvalue weighted by Gasteiger charge is 2.30. The number of hydrogen-bond donors (Lipinski definition) is 1. The Bertz CT molecular complexity index is 964. The molecule has 0 radical (unpaired) electrons. The van der Waals surface area contributed by atoms with Crippen molar-refractivity contribution in [2.24, 2.45) is 0 Å². The van der Waals surface area contributed by atoms with E-state index in [1.54, 1.807) is 12.1 Å². The van der Waals surface area contributed by atoms with Gasteiger partial charge in [0.2, 0.25) is 21.8 Å². The number of nitrogens with zero attached hydrogens (tertiary/aromatic N) is 2. The van der Waals surface area contributed by atoms with Gasteiger partial charge in [-0.05, 0) is 24.1 Å². The van der Waals surface area contributed by atoms with E-state index in [1.165, 1.54) is 24.4 Å². The number of carbonyl (C=O) groups is 1. The van der Waals surface area contributed by atoms with Crippen LogP contribution in [-0.2, 0) is 26.0 Å². The minimum absolute atomic E-state index is 0.0476. The van der Waals surface area contributed by atoms with Crippen molar-refractivity contribution < 1.29 is 27.2 Å². The fourth-order valence-electron chi connectivity index (χ4n) is 3.07. The number of benzene rings is 1. The van der Waals surface area contributed by atoms with Gasteiger partial charge in [-0.2, -0.15) is 4.31 Å². The first-order valence-corrected chi connectivity index (χ1v) is 10.3. The number of sulfonamides is 1. The highest BCUT2D eigenvalue weighted by atomic mass is 32.2. The number of amides is 1. The number of hydrogen-bond acceptors (Lipinski definition) is 7. The van der Waals surface area contributed by atoms with Crippen LogP contribution in [0.3, 0.4) is 0 Å². The molecule has 1 aromatic heterocycles. The SMILES string of the molecule is CCc1noc(NC(C)=O)c1-c1ccc(OC)c(S(=O)(=O)N2CCOCC2)c1. The lowest BCUT2D eigenvalue weighted by Gasteiger charge is -2.26. The molecule has 1 fully saturated rings. The number of methoxy groups -OCH3 is 1. The minimum Gasteiger partial charge on any atom is -0.495 e. The van der Waals surface area contributed by atoms with Gasteiger partial charge in [0, 0.05) is 20.0 Å². The summed E-state index contributed by atoms with van der Waals surface area (Å²) in [5.74, 6) is 0.116. The Morgan fingerprint density at radius 1 is 1.32 bits per heavy atom. The fraction of sp³-hybridized carbons (Fsp3) is 0.444. The molecular weight excluding hydrogens is 386 g/mol. The Morgan fingerprint density at radius 2 is 2.04 bits per heavy atom. The molecule has 0 spiro atoms. The van der Waals surface area contributed by atoms with Crippen molar-refractivity contribution in [3.8, 4) is 16.9 Å². The van der Waals surface area contributed by atoms with Gasteiger partial charge in [-0.3, -0.25) is 10.1 Å². The molecule has 1 aliphatic heterocycles. The van der Waals surface area contributed by atoms with Crippen LogP contribution in [0.5, 0.6) is 5.75 Å². The number of anilines is 1. The van der Waals surface area contributed by atoms with Gasteiger partial charge in [0.15, 0.2) is 0 Å². The largest absolute Gasteiger partial charge is 0.495 e. The highest BCUT2D eigenvalue weighted by molar-refractivity contribution is 7.89. The molecule has 1 N–H and O–H groups in total. The zero-order valence-corrected chi connectivity index (χ0v) is 16.8. The van der Waals surface area contributed by atoms with Crippen LogP contribution in [0.4, 0.5) is 5.88 Å². The van der Waals surface area contributed by atoms with Gasteiger partial charge in [-0.25, -0.2) is 8.42 Å². The van der Waals surface area contributed by atoms with Gasteiger partial charge in [0.05, 0.1) is 31.6 Å². The molecule has 28 heavy (non-hydrogen) atoms. The average molecular weight is 409 g/mol. The van der Waals surface area contributed by atoms with Crippen LogP contribution in [0, 0.1) is 0 Å². The van der Waals surface area contributed by atoms with Crippen LogP contribution in [0.25, 0.3) is 11.1 Å². The van der Waals surface area contributed by atoms with Crippen LogP contribution in [0.2, 0.25) is 0 Å². The summed E-state index contributed by atoms with van der Waals surface area (Å²) in [7, 11) is -2.36. The zero-order valence-electron chi connectivity index (χ0n) is 16.0. The Morgan fingerprint density at radius 3 is 2.64 bits per heavy atom. The second kappa shape index (κ2) is 8.29. The monoisotopic (exact) mass is 409 g/mol. The van der Waals surface area contributed by atoms with Crippen LogP contribution in [0.15, 0.2) is 27.6 Å². The van der Waals surface area contributed by atoms with Crippen molar-refractivity contribution in [1.82, 2.24) is 9.46 Å². The highest BCUT2D eigenvalue weighted by Crippen LogP contribution is 2.37. The van der Waals surface area contributed by atoms with E-state index >= 15 is 0 Å². The molecule has 10 heteroatoms. The molecule has 0 unspecified atom stereocenters. The molecule has 2 heterocycles. The molecular formula is C18H23N3O6S. The van der Waals surface area contributed by atoms with Gasteiger partial charge in [-0.1, -0.05) is 18.1 Å². The molecule has 0 bridgehead atoms. The van der Waals surface area contributed by atoms with Gasteiger partial charge in [-0.15, -0.1) is 0 Å². The molecule has 1 saturated heterocycles. The molecule has 0 saturated carbocycles. The fourth-order valence-corrected chi connectivity index (χ4v) is 4.66. The van der Waals surface area contributed by atoms with E-state index < -0.39 is 10.0 Å². The maximum Gasteiger partial charge on any atom is 0.246 e. The number of nitrogens with one attached hydrogen (secondary N) is 1. The molecule has 1 aromatic carbocycles. The smallest absolute Gasteiger partial charge is 0.246 e. The Balaban J connectivity index is 2.12. The minimum atomic E-state index is -3.78. The van der Waals surface area contributed by atoms with Crippen molar-refractivity contribution in [1.29, 1.82) is 0 Å². The quantitative estimate of drug-likeness (QED) is 0.775. The maximum atomic E-state index is 13.2. The number of aryl methyl sites for hydroxylation is 1. The standard InChI is InChI=1S/C18H23N3O6S/c1-4-14-17(18(27-20-14)19-12(2)22)13-5-6-15(25-3)16(11-13)28(23,24)21-7-9-26-10-8-21/h5-6,11H,4,7-10H2,1-3H3,(H,19,22). The molecule has 1 amide bonds. The second-order valence-electron chi connectivity index (χ2n) is 6.25. The molecule has 2 aromatic rings. The number of morpholine rings is 1. The lowest BCUT2D eigenvalue weighted by atomic mass is 10.0. The lowest BCUT2D eigenvalue weighted by Crippen LogP contribution is -2.40. The number of aromatic nitrogens is 1. The zero-order chi connectivity index (χ0) is 20.3. The third kappa shape index (κ3) is 3.89. The Labute approximate surface area is 163 Å². The van der Waals surface area contributed by atoms with E-state index in [1.807, 2.05) is 6.92 Å². The molecule has 3 rings (SSSR count). The van der Waals surface area contributed by atoms with Crippen molar-refractivity contribution >= 4 is 21.8 Å². The van der Waals surface area contributed by atoms with E-state index in [-0.39, 0.29) is 35.5 Å². The van der Waals surface area contributed by atoms with E-state index in [9.17, 15) is 13.2 Å². The average Bonchev–Trinajstić information content (AvgIpc) is 3.10. The Kier molecular flexibility index (Phi) is 6.01. The van der Waals surface area contributed by atoms with Crippen LogP contribution in [0.1, 0.15) is 19.5 Å². The third-order valence-electron chi connectivity index (χ3n) is 4.43. The van der Waals surface area contributed by atoms with Crippen molar-refractivity contribution in [2.45, 2.75) is 25.2 Å². The second-order valence-corrected chi connectivity index (χ2v) is 8.16. The first kappa shape index (κ1) is 20.3. The van der Waals surface area contributed by atoms with E-state index in [4.69, 9.17) is 14.0 Å². The normalized spacial score (nSPS) is 15.4. The molecule has 0 atom stereocenters. The van der Waals surface area contributed by atoms with Gasteiger partial charge in [0.25, 0.3) is 0 Å². The van der Waals surface area contributed by atoms with Crippen LogP contribution >= 0.6 is 0 Å². The van der Waals surface area contributed by atoms with E-state index in [0.717, 1.165) is 0 Å². The van der Waals surface area contributed by atoms with Gasteiger partial charge < -0.3 is 14.0 Å². The molecule has 152 valence electrons. The first-order chi connectivity index (χ1) is 13.4. The topological polar surface area (TPSA) is 111 Å². The Hall–Kier alpha value is -2.43. The summed E-state index contributed by atoms with van der Waals surface area (Å²) < 4.78 is 43.6. The van der Waals surface area contributed by atoms with E-state index in [0.29, 0.717) is 36.5 Å². The number of ether oxygens (including phenoxy) is 2. The summed E-state index contributed by atoms with van der Waals surface area (Å²) in [6.45, 7) is 4.51. The summed E-state index contributed by atoms with van der Waals surface area (Å²) in [5.41, 5.74) is 1.73. The summed E-state index contributed by atoms with van der Waals surface area (Å²) in [6, 6.07) is 4.83. The number of rotatable bonds is 6. The summed E-state index contributed by atoms with van der Waals surface area (Å²) in [4.78, 5) is 11.5. The predicted octanol–water partition coefficient (Wildman–Crippen LogP) is 1.89. The van der Waals surface area contributed by atoms with Crippen LogP contribution < -0.4 is 10.1 Å².